The summed E-state index contributed by atoms with van der Waals surface area (Å²) in [6, 6.07) is 20.4. The Bertz CT molecular complexity index is 988. The fourth-order valence-corrected chi connectivity index (χ4v) is 4.02. The van der Waals surface area contributed by atoms with Gasteiger partial charge in [-0.25, -0.2) is 4.68 Å². The molecule has 5 rings (SSSR count). The molecule has 1 aromatic heterocycles. The van der Waals surface area contributed by atoms with Crippen molar-refractivity contribution in [3.05, 3.63) is 77.6 Å². The minimum atomic E-state index is 0.0397. The maximum Gasteiger partial charge on any atom is 0.277 e. The van der Waals surface area contributed by atoms with Crippen LogP contribution < -0.4 is 4.90 Å². The quantitative estimate of drug-likeness (QED) is 0.679. The molecule has 2 aromatic carbocycles. The van der Waals surface area contributed by atoms with Crippen molar-refractivity contribution in [2.45, 2.75) is 44.6 Å². The number of amides is 1. The number of benzene rings is 2. The lowest BCUT2D eigenvalue weighted by atomic mass is 9.96. The summed E-state index contributed by atoms with van der Waals surface area (Å²) in [5, 5.41) is 4.81. The van der Waals surface area contributed by atoms with Gasteiger partial charge in [0, 0.05) is 17.6 Å². The van der Waals surface area contributed by atoms with Crippen molar-refractivity contribution in [1.29, 1.82) is 0 Å². The predicted molar refractivity (Wildman–Crippen MR) is 107 cm³/mol. The Labute approximate surface area is 159 Å². The van der Waals surface area contributed by atoms with E-state index in [0.29, 0.717) is 11.6 Å². The molecule has 0 N–H and O–H groups in total. The Morgan fingerprint density at radius 1 is 1.00 bits per heavy atom. The van der Waals surface area contributed by atoms with Gasteiger partial charge in [0.15, 0.2) is 0 Å². The monoisotopic (exact) mass is 357 g/mol. The van der Waals surface area contributed by atoms with E-state index in [1.807, 2.05) is 52.0 Å². The number of carbonyl (C=O) groups excluding carboxylic acids is 1. The Balaban J connectivity index is 1.61. The lowest BCUT2D eigenvalue weighted by molar-refractivity contribution is 0.0967. The third-order valence-electron chi connectivity index (χ3n) is 5.69. The first kappa shape index (κ1) is 16.3. The van der Waals surface area contributed by atoms with Gasteiger partial charge in [-0.05, 0) is 62.4 Å². The highest BCUT2D eigenvalue weighted by Gasteiger charge is 2.33. The third kappa shape index (κ3) is 2.85. The number of nitrogens with zero attached hydrogens (tertiary/aromatic N) is 3. The Kier molecular flexibility index (Phi) is 3.85. The highest BCUT2D eigenvalue weighted by Crippen LogP contribution is 2.40. The van der Waals surface area contributed by atoms with Gasteiger partial charge < -0.3 is 4.90 Å². The summed E-state index contributed by atoms with van der Waals surface area (Å²) in [5.41, 5.74) is 4.92. The molecule has 1 unspecified atom stereocenters. The second-order valence-corrected chi connectivity index (χ2v) is 7.67. The van der Waals surface area contributed by atoms with Crippen LogP contribution in [0.25, 0.3) is 5.69 Å². The molecule has 0 spiro atoms. The first-order chi connectivity index (χ1) is 13.2. The molecule has 1 atom stereocenters. The largest absolute Gasteiger partial charge is 0.304 e. The molecule has 0 bridgehead atoms. The lowest BCUT2D eigenvalue weighted by Gasteiger charge is -2.35. The average molecular weight is 357 g/mol. The molecule has 1 saturated carbocycles. The zero-order chi connectivity index (χ0) is 18.4. The minimum absolute atomic E-state index is 0.0397. The zero-order valence-electron chi connectivity index (χ0n) is 15.5. The standard InChI is InChI=1S/C23H23N3O/c1-16-11-12-18-7-5-6-10-21(18)25(16)23(27)22-15-20(17-13-14-17)24-26(22)19-8-3-2-4-9-19/h2-10,15-17H,11-14H2,1H3. The van der Waals surface area contributed by atoms with Crippen LogP contribution >= 0.6 is 0 Å². The fraction of sp³-hybridized carbons (Fsp3) is 0.304. The maximum atomic E-state index is 13.7. The lowest BCUT2D eigenvalue weighted by Crippen LogP contribution is -2.42. The van der Waals surface area contributed by atoms with E-state index in [-0.39, 0.29) is 11.9 Å². The number of fused-ring (bicyclic) bond motifs is 1. The Hall–Kier alpha value is -2.88. The van der Waals surface area contributed by atoms with Crippen LogP contribution in [0.4, 0.5) is 5.69 Å². The minimum Gasteiger partial charge on any atom is -0.304 e. The number of anilines is 1. The summed E-state index contributed by atoms with van der Waals surface area (Å²) in [6.45, 7) is 2.14. The Morgan fingerprint density at radius 3 is 2.52 bits per heavy atom. The van der Waals surface area contributed by atoms with Crippen LogP contribution in [-0.4, -0.2) is 21.7 Å². The number of rotatable bonds is 3. The van der Waals surface area contributed by atoms with Crippen LogP contribution in [0.5, 0.6) is 0 Å². The molecule has 0 saturated heterocycles. The van der Waals surface area contributed by atoms with Crippen LogP contribution in [0.15, 0.2) is 60.7 Å². The highest BCUT2D eigenvalue weighted by atomic mass is 16.2. The van der Waals surface area contributed by atoms with Crippen molar-refractivity contribution in [3.63, 3.8) is 0 Å². The van der Waals surface area contributed by atoms with E-state index in [2.05, 4.69) is 25.1 Å². The summed E-state index contributed by atoms with van der Waals surface area (Å²) < 4.78 is 1.83. The molecular weight excluding hydrogens is 334 g/mol. The van der Waals surface area contributed by atoms with Crippen LogP contribution in [-0.2, 0) is 6.42 Å². The van der Waals surface area contributed by atoms with Crippen molar-refractivity contribution in [2.24, 2.45) is 0 Å². The molecule has 1 aliphatic heterocycles. The number of aromatic nitrogens is 2. The molecule has 1 fully saturated rings. The number of aryl methyl sites for hydroxylation is 1. The van der Waals surface area contributed by atoms with Gasteiger partial charge in [-0.1, -0.05) is 36.4 Å². The van der Waals surface area contributed by atoms with Gasteiger partial charge in [-0.2, -0.15) is 5.10 Å². The normalized spacial score (nSPS) is 19.0. The highest BCUT2D eigenvalue weighted by molar-refractivity contribution is 6.06. The topological polar surface area (TPSA) is 38.1 Å². The van der Waals surface area contributed by atoms with E-state index < -0.39 is 0 Å². The molecular formula is C23H23N3O. The molecule has 2 aliphatic rings. The van der Waals surface area contributed by atoms with Gasteiger partial charge in [0.05, 0.1) is 11.4 Å². The predicted octanol–water partition coefficient (Wildman–Crippen LogP) is 4.73. The van der Waals surface area contributed by atoms with E-state index in [1.165, 1.54) is 18.4 Å². The molecule has 4 heteroatoms. The first-order valence-corrected chi connectivity index (χ1v) is 9.79. The van der Waals surface area contributed by atoms with Crippen molar-refractivity contribution in [2.75, 3.05) is 4.90 Å². The zero-order valence-corrected chi connectivity index (χ0v) is 15.5. The van der Waals surface area contributed by atoms with Gasteiger partial charge in [0.2, 0.25) is 0 Å². The second kappa shape index (κ2) is 6.38. The van der Waals surface area contributed by atoms with E-state index >= 15 is 0 Å². The molecule has 4 nitrogen and oxygen atoms in total. The van der Waals surface area contributed by atoms with Crippen LogP contribution in [0, 0.1) is 0 Å². The van der Waals surface area contributed by atoms with Crippen molar-refractivity contribution < 1.29 is 4.79 Å². The van der Waals surface area contributed by atoms with Crippen LogP contribution in [0.3, 0.4) is 0 Å². The number of hydrogen-bond acceptors (Lipinski definition) is 2. The van der Waals surface area contributed by atoms with Crippen LogP contribution in [0.2, 0.25) is 0 Å². The van der Waals surface area contributed by atoms with Gasteiger partial charge in [0.1, 0.15) is 5.69 Å². The third-order valence-corrected chi connectivity index (χ3v) is 5.69. The molecule has 2 heterocycles. The van der Waals surface area contributed by atoms with Crippen molar-refractivity contribution in [1.82, 2.24) is 9.78 Å². The summed E-state index contributed by atoms with van der Waals surface area (Å²) in [5.74, 6) is 0.547. The van der Waals surface area contributed by atoms with Gasteiger partial charge in [0.25, 0.3) is 5.91 Å². The Morgan fingerprint density at radius 2 is 1.74 bits per heavy atom. The molecule has 3 aromatic rings. The number of hydrogen-bond donors (Lipinski definition) is 0. The summed E-state index contributed by atoms with van der Waals surface area (Å²) in [6.07, 6.45) is 4.34. The van der Waals surface area contributed by atoms with Crippen LogP contribution in [0.1, 0.15) is 53.8 Å². The first-order valence-electron chi connectivity index (χ1n) is 9.79. The smallest absolute Gasteiger partial charge is 0.277 e. The molecule has 136 valence electrons. The van der Waals surface area contributed by atoms with Crippen molar-refractivity contribution >= 4 is 11.6 Å². The summed E-state index contributed by atoms with van der Waals surface area (Å²) >= 11 is 0. The fourth-order valence-electron chi connectivity index (χ4n) is 4.02. The SMILES string of the molecule is CC1CCc2ccccc2N1C(=O)c1cc(C2CC2)nn1-c1ccccc1. The van der Waals surface area contributed by atoms with Gasteiger partial charge in [-0.3, -0.25) is 4.79 Å². The van der Waals surface area contributed by atoms with Crippen molar-refractivity contribution in [3.8, 4) is 5.69 Å². The maximum absolute atomic E-state index is 13.7. The molecule has 1 amide bonds. The number of carbonyl (C=O) groups is 1. The van der Waals surface area contributed by atoms with E-state index in [9.17, 15) is 4.79 Å². The van der Waals surface area contributed by atoms with Gasteiger partial charge in [-0.15, -0.1) is 0 Å². The summed E-state index contributed by atoms with van der Waals surface area (Å²) in [7, 11) is 0. The van der Waals surface area contributed by atoms with E-state index in [0.717, 1.165) is 29.9 Å². The molecule has 1 aliphatic carbocycles. The van der Waals surface area contributed by atoms with Gasteiger partial charge >= 0.3 is 0 Å². The van der Waals surface area contributed by atoms with E-state index in [4.69, 9.17) is 5.10 Å². The number of para-hydroxylation sites is 2. The molecule has 0 radical (unpaired) electrons. The van der Waals surface area contributed by atoms with E-state index in [1.54, 1.807) is 0 Å². The second-order valence-electron chi connectivity index (χ2n) is 7.67. The average Bonchev–Trinajstić information content (AvgIpc) is 3.46. The summed E-state index contributed by atoms with van der Waals surface area (Å²) in [4.78, 5) is 15.7. The molecule has 27 heavy (non-hydrogen) atoms.